The molecule has 0 radical (unpaired) electrons. The maximum Gasteiger partial charge on any atom is 0.423 e. The fraction of sp³-hybridized carbons (Fsp3) is 0.500. The van der Waals surface area contributed by atoms with Crippen LogP contribution >= 0.6 is 11.3 Å². The van der Waals surface area contributed by atoms with Crippen LogP contribution in [-0.4, -0.2) is 63.1 Å². The van der Waals surface area contributed by atoms with E-state index in [1.54, 1.807) is 54.6 Å². The van der Waals surface area contributed by atoms with E-state index in [0.717, 1.165) is 5.56 Å². The van der Waals surface area contributed by atoms with Crippen LogP contribution in [0.25, 0.3) is 0 Å². The van der Waals surface area contributed by atoms with E-state index in [-0.39, 0.29) is 24.2 Å². The lowest BCUT2D eigenvalue weighted by atomic mass is 9.96. The average molecular weight is 515 g/mol. The molecule has 2 aromatic rings. The minimum absolute atomic E-state index is 0.0980. The van der Waals surface area contributed by atoms with Gasteiger partial charge in [-0.05, 0) is 36.8 Å². The predicted octanol–water partition coefficient (Wildman–Crippen LogP) is 3.49. The molecule has 3 rings (SSSR count). The zero-order valence-corrected chi connectivity index (χ0v) is 21.9. The summed E-state index contributed by atoms with van der Waals surface area (Å²) in [5, 5.41) is 2.09. The number of ether oxygens (including phenoxy) is 1. The van der Waals surface area contributed by atoms with Crippen molar-refractivity contribution in [3.8, 4) is 0 Å². The van der Waals surface area contributed by atoms with Gasteiger partial charge in [-0.1, -0.05) is 58.0 Å². The number of ketones is 1. The summed E-state index contributed by atoms with van der Waals surface area (Å²) in [4.78, 5) is 60.0. The largest absolute Gasteiger partial charge is 0.444 e. The summed E-state index contributed by atoms with van der Waals surface area (Å²) < 4.78 is 5.37. The topological polar surface area (TPSA) is 123 Å². The second kappa shape index (κ2) is 12.3. The van der Waals surface area contributed by atoms with E-state index in [2.05, 4.69) is 4.98 Å². The minimum atomic E-state index is -1.07. The van der Waals surface area contributed by atoms with Gasteiger partial charge in [-0.3, -0.25) is 19.3 Å². The molecule has 2 heterocycles. The highest BCUT2D eigenvalue weighted by Crippen LogP contribution is 2.29. The van der Waals surface area contributed by atoms with Crippen molar-refractivity contribution in [2.24, 2.45) is 17.6 Å². The van der Waals surface area contributed by atoms with Crippen LogP contribution < -0.4 is 5.73 Å². The normalized spacial score (nSPS) is 17.7. The smallest absolute Gasteiger partial charge is 0.423 e. The molecule has 10 heteroatoms. The van der Waals surface area contributed by atoms with Crippen LogP contribution in [0.4, 0.5) is 4.79 Å². The Bertz CT molecular complexity index is 1060. The molecule has 0 aliphatic carbocycles. The zero-order chi connectivity index (χ0) is 26.4. The summed E-state index contributed by atoms with van der Waals surface area (Å²) in [6.45, 7) is 7.67. The first-order valence-corrected chi connectivity index (χ1v) is 13.0. The second-order valence-corrected chi connectivity index (χ2v) is 10.5. The molecule has 1 aromatic heterocycles. The van der Waals surface area contributed by atoms with E-state index in [4.69, 9.17) is 10.5 Å². The second-order valence-electron chi connectivity index (χ2n) is 9.61. The van der Waals surface area contributed by atoms with Gasteiger partial charge in [0.2, 0.25) is 5.78 Å². The molecule has 2 N–H and O–H groups in total. The lowest BCUT2D eigenvalue weighted by Gasteiger charge is -2.35. The Kier molecular flexibility index (Phi) is 9.47. The third-order valence-electron chi connectivity index (χ3n) is 6.31. The van der Waals surface area contributed by atoms with E-state index in [0.29, 0.717) is 29.3 Å². The maximum atomic E-state index is 13.8. The maximum absolute atomic E-state index is 13.8. The number of carbonyl (C=O) groups is 4. The predicted molar refractivity (Wildman–Crippen MR) is 136 cm³/mol. The van der Waals surface area contributed by atoms with Crippen LogP contribution in [0, 0.1) is 11.8 Å². The molecule has 0 spiro atoms. The summed E-state index contributed by atoms with van der Waals surface area (Å²) in [5.74, 6) is -2.13. The van der Waals surface area contributed by atoms with Crippen LogP contribution in [0.1, 0.15) is 55.9 Å². The molecule has 3 amide bonds. The number of likely N-dealkylation sites (tertiary alicyclic amines) is 1. The molecule has 1 saturated heterocycles. The van der Waals surface area contributed by atoms with Crippen molar-refractivity contribution in [3.63, 3.8) is 0 Å². The molecule has 1 aliphatic heterocycles. The molecule has 0 saturated carbocycles. The van der Waals surface area contributed by atoms with Crippen molar-refractivity contribution < 1.29 is 23.9 Å². The highest BCUT2D eigenvalue weighted by atomic mass is 32.1. The lowest BCUT2D eigenvalue weighted by Crippen LogP contribution is -2.58. The van der Waals surface area contributed by atoms with Crippen LogP contribution in [0.5, 0.6) is 0 Å². The monoisotopic (exact) mass is 514 g/mol. The number of thiazole rings is 1. The molecule has 1 aromatic carbocycles. The van der Waals surface area contributed by atoms with Crippen LogP contribution in [-0.2, 0) is 20.9 Å². The van der Waals surface area contributed by atoms with Gasteiger partial charge in [0.15, 0.2) is 5.01 Å². The van der Waals surface area contributed by atoms with Crippen LogP contribution in [0.3, 0.4) is 0 Å². The molecular weight excluding hydrogens is 480 g/mol. The molecule has 0 unspecified atom stereocenters. The zero-order valence-electron chi connectivity index (χ0n) is 21.1. The van der Waals surface area contributed by atoms with Crippen LogP contribution in [0.15, 0.2) is 41.9 Å². The molecular formula is C26H34N4O5S. The molecule has 9 nitrogen and oxygen atoms in total. The number of carbonyl (C=O) groups excluding carboxylic acids is 4. The number of imide groups is 3. The summed E-state index contributed by atoms with van der Waals surface area (Å²) in [6.07, 6.45) is 1.55. The van der Waals surface area contributed by atoms with Crippen LogP contribution in [0.2, 0.25) is 0 Å². The first-order chi connectivity index (χ1) is 17.1. The number of hydrogen-bond donors (Lipinski definition) is 1. The van der Waals surface area contributed by atoms with Gasteiger partial charge in [0.1, 0.15) is 6.61 Å². The van der Waals surface area contributed by atoms with E-state index in [1.807, 2.05) is 19.9 Å². The standard InChI is InChI=1S/C26H34N4O5S/c1-16(2)20(27)25(33)30(26(34)35-15-18-9-6-5-7-10-18)24(32)19-11-8-13-29(19)21(17(3)4)22(31)23-28-12-14-36-23/h5-7,9-10,12,14,16-17,19-21H,8,11,13,15,27H2,1-4H3/t19-,20-,21-/m0/s1. The van der Waals surface area contributed by atoms with Gasteiger partial charge in [0.25, 0.3) is 11.8 Å². The third-order valence-corrected chi connectivity index (χ3v) is 7.10. The van der Waals surface area contributed by atoms with Gasteiger partial charge in [-0.2, -0.15) is 4.90 Å². The summed E-state index contributed by atoms with van der Waals surface area (Å²) in [5.41, 5.74) is 6.79. The summed E-state index contributed by atoms with van der Waals surface area (Å²) in [7, 11) is 0. The Labute approximate surface area is 215 Å². The Morgan fingerprint density at radius 3 is 2.42 bits per heavy atom. The van der Waals surface area contributed by atoms with Crippen molar-refractivity contribution in [2.45, 2.75) is 65.3 Å². The van der Waals surface area contributed by atoms with Crippen molar-refractivity contribution in [1.29, 1.82) is 0 Å². The van der Waals surface area contributed by atoms with Gasteiger partial charge < -0.3 is 10.5 Å². The molecule has 0 bridgehead atoms. The first kappa shape index (κ1) is 27.6. The number of hydrogen-bond acceptors (Lipinski definition) is 9. The number of Topliss-reactive ketones (excluding diaryl/α,β-unsaturated/α-hetero) is 1. The minimum Gasteiger partial charge on any atom is -0.444 e. The Morgan fingerprint density at radius 1 is 1.14 bits per heavy atom. The molecule has 36 heavy (non-hydrogen) atoms. The number of rotatable bonds is 9. The average Bonchev–Trinajstić information content (AvgIpc) is 3.55. The van der Waals surface area contributed by atoms with Gasteiger partial charge in [0.05, 0.1) is 18.1 Å². The Balaban J connectivity index is 1.88. The first-order valence-electron chi connectivity index (χ1n) is 12.2. The Morgan fingerprint density at radius 2 is 1.83 bits per heavy atom. The molecule has 3 atom stereocenters. The molecule has 1 aliphatic rings. The number of nitrogens with two attached hydrogens (primary N) is 1. The van der Waals surface area contributed by atoms with Gasteiger partial charge in [-0.15, -0.1) is 11.3 Å². The Hall–Kier alpha value is -2.95. The van der Waals surface area contributed by atoms with Crippen molar-refractivity contribution in [1.82, 2.24) is 14.8 Å². The molecule has 1 fully saturated rings. The van der Waals surface area contributed by atoms with E-state index in [1.165, 1.54) is 11.3 Å². The number of amides is 3. The molecule has 194 valence electrons. The van der Waals surface area contributed by atoms with E-state index >= 15 is 0 Å². The fourth-order valence-electron chi connectivity index (χ4n) is 4.35. The van der Waals surface area contributed by atoms with Crippen molar-refractivity contribution in [3.05, 3.63) is 52.5 Å². The highest BCUT2D eigenvalue weighted by molar-refractivity contribution is 7.11. The van der Waals surface area contributed by atoms with Gasteiger partial charge in [0, 0.05) is 11.6 Å². The van der Waals surface area contributed by atoms with E-state index in [9.17, 15) is 19.2 Å². The lowest BCUT2D eigenvalue weighted by molar-refractivity contribution is -0.147. The van der Waals surface area contributed by atoms with E-state index < -0.39 is 36.0 Å². The van der Waals surface area contributed by atoms with Crippen molar-refractivity contribution in [2.75, 3.05) is 6.54 Å². The fourth-order valence-corrected chi connectivity index (χ4v) is 4.96. The number of nitrogens with zero attached hydrogens (tertiary/aromatic N) is 3. The van der Waals surface area contributed by atoms with Gasteiger partial charge in [-0.25, -0.2) is 9.78 Å². The van der Waals surface area contributed by atoms with Crippen molar-refractivity contribution >= 4 is 35.0 Å². The highest BCUT2D eigenvalue weighted by Gasteiger charge is 2.46. The summed E-state index contributed by atoms with van der Waals surface area (Å²) in [6, 6.07) is 6.46. The number of benzene rings is 1. The third kappa shape index (κ3) is 6.24. The summed E-state index contributed by atoms with van der Waals surface area (Å²) >= 11 is 1.25. The number of aromatic nitrogens is 1. The van der Waals surface area contributed by atoms with Gasteiger partial charge >= 0.3 is 6.09 Å². The SMILES string of the molecule is CC(C)[C@H](N)C(=O)N(C(=O)OCc1ccccc1)C(=O)[C@@H]1CCCN1[C@H](C(=O)c1nccs1)C(C)C. The quantitative estimate of drug-likeness (QED) is 0.505.